The van der Waals surface area contributed by atoms with Crippen LogP contribution in [-0.2, 0) is 0 Å². The van der Waals surface area contributed by atoms with Crippen molar-refractivity contribution in [3.8, 4) is 5.75 Å². The van der Waals surface area contributed by atoms with Gasteiger partial charge in [0.2, 0.25) is 0 Å². The van der Waals surface area contributed by atoms with Crippen LogP contribution in [0.2, 0.25) is 0 Å². The Balaban J connectivity index is 1.63. The van der Waals surface area contributed by atoms with Gasteiger partial charge >= 0.3 is 0 Å². The third-order valence-corrected chi connectivity index (χ3v) is 4.20. The largest absolute Gasteiger partial charge is 0.494 e. The van der Waals surface area contributed by atoms with Gasteiger partial charge in [-0.1, -0.05) is 13.0 Å². The highest BCUT2D eigenvalue weighted by atomic mass is 16.5. The summed E-state index contributed by atoms with van der Waals surface area (Å²) in [5.41, 5.74) is 6.86. The first-order valence-electron chi connectivity index (χ1n) is 7.43. The van der Waals surface area contributed by atoms with E-state index in [9.17, 15) is 4.79 Å². The minimum absolute atomic E-state index is 0.0636. The average Bonchev–Trinajstić information content (AvgIpc) is 3.26. The van der Waals surface area contributed by atoms with E-state index in [1.807, 2.05) is 29.2 Å². The Hall–Kier alpha value is -1.55. The van der Waals surface area contributed by atoms with E-state index >= 15 is 0 Å². The van der Waals surface area contributed by atoms with E-state index in [4.69, 9.17) is 10.5 Å². The number of nitrogens with zero attached hydrogens (tertiary/aromatic N) is 1. The number of rotatable bonds is 5. The van der Waals surface area contributed by atoms with Gasteiger partial charge in [0.1, 0.15) is 5.75 Å². The summed E-state index contributed by atoms with van der Waals surface area (Å²) in [4.78, 5) is 14.2. The lowest BCUT2D eigenvalue weighted by Gasteiger charge is -2.48. The fourth-order valence-corrected chi connectivity index (χ4v) is 2.85. The first-order valence-corrected chi connectivity index (χ1v) is 7.43. The Morgan fingerprint density at radius 1 is 1.45 bits per heavy atom. The first kappa shape index (κ1) is 13.4. The van der Waals surface area contributed by atoms with Crippen LogP contribution in [0.25, 0.3) is 0 Å². The summed E-state index contributed by atoms with van der Waals surface area (Å²) in [5, 5.41) is 0. The molecule has 0 radical (unpaired) electrons. The van der Waals surface area contributed by atoms with Crippen molar-refractivity contribution in [2.24, 2.45) is 11.7 Å². The van der Waals surface area contributed by atoms with Gasteiger partial charge in [0.05, 0.1) is 12.1 Å². The molecule has 4 nitrogen and oxygen atoms in total. The zero-order chi connectivity index (χ0) is 14.2. The van der Waals surface area contributed by atoms with Crippen molar-refractivity contribution in [3.63, 3.8) is 0 Å². The van der Waals surface area contributed by atoms with E-state index in [1.165, 1.54) is 12.8 Å². The molecule has 0 atom stereocenters. The van der Waals surface area contributed by atoms with Crippen molar-refractivity contribution < 1.29 is 9.53 Å². The van der Waals surface area contributed by atoms with Crippen molar-refractivity contribution >= 4 is 5.91 Å². The molecule has 1 saturated carbocycles. The van der Waals surface area contributed by atoms with Gasteiger partial charge in [-0.15, -0.1) is 0 Å². The standard InChI is InChI=1S/C16H22N2O2/c1-2-8-20-14-5-3-4-12(9-14)15(19)18-10-16(17,11-18)13-6-7-13/h3-5,9,13H,2,6-8,10-11,17H2,1H3. The molecule has 1 saturated heterocycles. The lowest BCUT2D eigenvalue weighted by molar-refractivity contribution is 0.0350. The fourth-order valence-electron chi connectivity index (χ4n) is 2.85. The van der Waals surface area contributed by atoms with Crippen molar-refractivity contribution in [1.82, 2.24) is 4.90 Å². The van der Waals surface area contributed by atoms with Crippen LogP contribution in [0.3, 0.4) is 0 Å². The smallest absolute Gasteiger partial charge is 0.254 e. The molecule has 1 aromatic rings. The number of likely N-dealkylation sites (tertiary alicyclic amines) is 1. The second-order valence-electron chi connectivity index (χ2n) is 6.04. The van der Waals surface area contributed by atoms with Crippen LogP contribution in [0, 0.1) is 5.92 Å². The van der Waals surface area contributed by atoms with E-state index in [1.54, 1.807) is 0 Å². The number of hydrogen-bond acceptors (Lipinski definition) is 3. The minimum atomic E-state index is -0.119. The Bertz CT molecular complexity index is 505. The van der Waals surface area contributed by atoms with Crippen LogP contribution in [0.5, 0.6) is 5.75 Å². The highest BCUT2D eigenvalue weighted by Gasteiger charge is 2.51. The van der Waals surface area contributed by atoms with E-state index in [-0.39, 0.29) is 11.4 Å². The molecular formula is C16H22N2O2. The van der Waals surface area contributed by atoms with Crippen LogP contribution in [-0.4, -0.2) is 36.0 Å². The van der Waals surface area contributed by atoms with E-state index in [0.717, 1.165) is 12.2 Å². The monoisotopic (exact) mass is 274 g/mol. The third-order valence-electron chi connectivity index (χ3n) is 4.20. The molecule has 1 aliphatic carbocycles. The van der Waals surface area contributed by atoms with E-state index in [2.05, 4.69) is 6.92 Å². The Labute approximate surface area is 119 Å². The summed E-state index contributed by atoms with van der Waals surface area (Å²) in [6.07, 6.45) is 3.40. The first-order chi connectivity index (χ1) is 9.62. The second-order valence-corrected chi connectivity index (χ2v) is 6.04. The molecule has 20 heavy (non-hydrogen) atoms. The maximum atomic E-state index is 12.4. The van der Waals surface area contributed by atoms with Crippen LogP contribution >= 0.6 is 0 Å². The maximum absolute atomic E-state index is 12.4. The van der Waals surface area contributed by atoms with Gasteiger partial charge in [0.15, 0.2) is 0 Å². The summed E-state index contributed by atoms with van der Waals surface area (Å²) in [6, 6.07) is 7.43. The summed E-state index contributed by atoms with van der Waals surface area (Å²) in [6.45, 7) is 4.12. The molecule has 2 aliphatic rings. The predicted octanol–water partition coefficient (Wildman–Crippen LogP) is 2.04. The molecule has 0 aromatic heterocycles. The molecule has 108 valence electrons. The molecule has 2 fully saturated rings. The number of amides is 1. The number of nitrogens with two attached hydrogens (primary N) is 1. The highest BCUT2D eigenvalue weighted by molar-refractivity contribution is 5.95. The molecule has 0 unspecified atom stereocenters. The number of carbonyl (C=O) groups excluding carboxylic acids is 1. The zero-order valence-corrected chi connectivity index (χ0v) is 12.0. The molecule has 3 rings (SSSR count). The van der Waals surface area contributed by atoms with Crippen LogP contribution in [0.1, 0.15) is 36.5 Å². The summed E-state index contributed by atoms with van der Waals surface area (Å²) < 4.78 is 5.57. The lowest BCUT2D eigenvalue weighted by Crippen LogP contribution is -2.69. The molecule has 1 aromatic carbocycles. The predicted molar refractivity (Wildman–Crippen MR) is 77.8 cm³/mol. The topological polar surface area (TPSA) is 55.6 Å². The SMILES string of the molecule is CCCOc1cccc(C(=O)N2CC(N)(C3CC3)C2)c1. The van der Waals surface area contributed by atoms with Gasteiger partial charge in [-0.05, 0) is 43.4 Å². The molecule has 0 bridgehead atoms. The third kappa shape index (κ3) is 2.52. The van der Waals surface area contributed by atoms with Gasteiger partial charge in [-0.3, -0.25) is 4.79 Å². The Morgan fingerprint density at radius 2 is 2.20 bits per heavy atom. The number of hydrogen-bond donors (Lipinski definition) is 1. The summed E-state index contributed by atoms with van der Waals surface area (Å²) in [5.74, 6) is 1.46. The van der Waals surface area contributed by atoms with E-state index in [0.29, 0.717) is 31.2 Å². The highest BCUT2D eigenvalue weighted by Crippen LogP contribution is 2.43. The normalized spacial score (nSPS) is 20.4. The van der Waals surface area contributed by atoms with Gasteiger partial charge in [-0.2, -0.15) is 0 Å². The molecule has 1 heterocycles. The molecule has 0 spiro atoms. The summed E-state index contributed by atoms with van der Waals surface area (Å²) >= 11 is 0. The van der Waals surface area contributed by atoms with Gasteiger partial charge in [0.25, 0.3) is 5.91 Å². The maximum Gasteiger partial charge on any atom is 0.254 e. The molecule has 1 aliphatic heterocycles. The van der Waals surface area contributed by atoms with Crippen molar-refractivity contribution in [2.45, 2.75) is 31.7 Å². The fraction of sp³-hybridized carbons (Fsp3) is 0.562. The minimum Gasteiger partial charge on any atom is -0.494 e. The zero-order valence-electron chi connectivity index (χ0n) is 12.0. The van der Waals surface area contributed by atoms with Crippen LogP contribution in [0.15, 0.2) is 24.3 Å². The van der Waals surface area contributed by atoms with Crippen molar-refractivity contribution in [3.05, 3.63) is 29.8 Å². The number of ether oxygens (including phenoxy) is 1. The Morgan fingerprint density at radius 3 is 2.85 bits per heavy atom. The van der Waals surface area contributed by atoms with Crippen LogP contribution < -0.4 is 10.5 Å². The van der Waals surface area contributed by atoms with Crippen molar-refractivity contribution in [2.75, 3.05) is 19.7 Å². The molecule has 1 amide bonds. The average molecular weight is 274 g/mol. The van der Waals surface area contributed by atoms with Gasteiger partial charge in [0, 0.05) is 18.7 Å². The summed E-state index contributed by atoms with van der Waals surface area (Å²) in [7, 11) is 0. The molecule has 2 N–H and O–H groups in total. The molecular weight excluding hydrogens is 252 g/mol. The number of benzene rings is 1. The van der Waals surface area contributed by atoms with Crippen molar-refractivity contribution in [1.29, 1.82) is 0 Å². The van der Waals surface area contributed by atoms with E-state index < -0.39 is 0 Å². The molecule has 4 heteroatoms. The quantitative estimate of drug-likeness (QED) is 0.894. The lowest BCUT2D eigenvalue weighted by atomic mass is 9.85. The van der Waals surface area contributed by atoms with Gasteiger partial charge < -0.3 is 15.4 Å². The van der Waals surface area contributed by atoms with Gasteiger partial charge in [-0.25, -0.2) is 0 Å². The number of carbonyl (C=O) groups is 1. The second kappa shape index (κ2) is 5.09. The van der Waals surface area contributed by atoms with Crippen LogP contribution in [0.4, 0.5) is 0 Å². The Kier molecular flexibility index (Phi) is 3.42.